The van der Waals surface area contributed by atoms with Crippen LogP contribution in [-0.2, 0) is 0 Å². The molecule has 0 atom stereocenters. The molecule has 0 aliphatic heterocycles. The predicted octanol–water partition coefficient (Wildman–Crippen LogP) is 7.91. The highest BCUT2D eigenvalue weighted by Crippen LogP contribution is 2.56. The van der Waals surface area contributed by atoms with Crippen LogP contribution < -0.4 is 25.4 Å². The summed E-state index contributed by atoms with van der Waals surface area (Å²) >= 11 is 0. The maximum absolute atomic E-state index is 6.06. The quantitative estimate of drug-likeness (QED) is 0.120. The molecule has 0 aromatic heterocycles. The van der Waals surface area contributed by atoms with Crippen LogP contribution in [0.4, 0.5) is 0 Å². The average Bonchev–Trinajstić information content (AvgIpc) is 3.02. The third-order valence-corrected chi connectivity index (χ3v) is 11.7. The third kappa shape index (κ3) is 6.24. The van der Waals surface area contributed by atoms with Gasteiger partial charge in [0.05, 0.1) is 19.4 Å². The van der Waals surface area contributed by atoms with E-state index in [1.165, 1.54) is 27.0 Å². The van der Waals surface area contributed by atoms with Crippen LogP contribution in [0.15, 0.2) is 140 Å². The van der Waals surface area contributed by atoms with Gasteiger partial charge in [-0.1, -0.05) is 84.9 Å². The van der Waals surface area contributed by atoms with E-state index in [1.807, 2.05) is 30.3 Å². The van der Waals surface area contributed by atoms with E-state index in [0.29, 0.717) is 13.2 Å². The highest BCUT2D eigenvalue weighted by molar-refractivity contribution is 7.95. The Kier molecular flexibility index (Phi) is 9.09. The molecule has 5 aromatic rings. The Morgan fingerprint density at radius 1 is 0.487 bits per heavy atom. The molecule has 0 aliphatic rings. The molecule has 3 heteroatoms. The predicted molar refractivity (Wildman–Crippen MR) is 168 cm³/mol. The molecule has 0 saturated carbocycles. The Morgan fingerprint density at radius 2 is 0.949 bits per heavy atom. The Bertz CT molecular complexity index is 1380. The maximum atomic E-state index is 6.06. The van der Waals surface area contributed by atoms with Gasteiger partial charge in [0.25, 0.3) is 0 Å². The first kappa shape index (κ1) is 26.7. The molecule has 0 spiro atoms. The van der Waals surface area contributed by atoms with Gasteiger partial charge in [0, 0.05) is 5.56 Å². The molecule has 0 saturated heterocycles. The minimum Gasteiger partial charge on any atom is -0.494 e. The first-order valence-corrected chi connectivity index (χ1v) is 15.8. The van der Waals surface area contributed by atoms with Gasteiger partial charge in [0.15, 0.2) is 0 Å². The summed E-state index contributed by atoms with van der Waals surface area (Å²) in [4.78, 5) is 0. The molecular formula is C36H36O2P+. The van der Waals surface area contributed by atoms with Crippen molar-refractivity contribution in [1.29, 1.82) is 0 Å². The van der Waals surface area contributed by atoms with Crippen LogP contribution in [0, 0.1) is 0 Å². The maximum Gasteiger partial charge on any atom is 0.119 e. The molecule has 5 aromatic carbocycles. The van der Waals surface area contributed by atoms with E-state index in [0.717, 1.165) is 30.5 Å². The molecule has 0 radical (unpaired) electrons. The molecule has 0 bridgehead atoms. The third-order valence-electron chi connectivity index (χ3n) is 7.17. The SMILES string of the molecule is CC[P+](c1ccccc1)(c1ccccc1)c1ccccc1-c1ccc(OCCCCOc2ccccc2)cc1. The van der Waals surface area contributed by atoms with E-state index in [2.05, 4.69) is 116 Å². The largest absolute Gasteiger partial charge is 0.494 e. The Labute approximate surface area is 233 Å². The molecular weight excluding hydrogens is 495 g/mol. The van der Waals surface area contributed by atoms with E-state index in [1.54, 1.807) is 0 Å². The summed E-state index contributed by atoms with van der Waals surface area (Å²) in [5.41, 5.74) is 2.52. The molecule has 0 aliphatic carbocycles. The molecule has 196 valence electrons. The molecule has 0 N–H and O–H groups in total. The van der Waals surface area contributed by atoms with Crippen LogP contribution in [0.1, 0.15) is 19.8 Å². The van der Waals surface area contributed by atoms with Gasteiger partial charge in [-0.05, 0) is 79.9 Å². The van der Waals surface area contributed by atoms with Crippen molar-refractivity contribution in [1.82, 2.24) is 0 Å². The smallest absolute Gasteiger partial charge is 0.119 e. The van der Waals surface area contributed by atoms with Gasteiger partial charge in [0.2, 0.25) is 0 Å². The number of rotatable bonds is 12. The second-order valence-corrected chi connectivity index (χ2v) is 13.3. The number of unbranched alkanes of at least 4 members (excludes halogenated alkanes) is 1. The summed E-state index contributed by atoms with van der Waals surface area (Å²) in [5, 5.41) is 4.27. The molecule has 2 nitrogen and oxygen atoms in total. The van der Waals surface area contributed by atoms with Crippen molar-refractivity contribution in [2.24, 2.45) is 0 Å². The highest BCUT2D eigenvalue weighted by Gasteiger charge is 2.45. The van der Waals surface area contributed by atoms with Gasteiger partial charge < -0.3 is 9.47 Å². The minimum absolute atomic E-state index is 0.681. The number of hydrogen-bond acceptors (Lipinski definition) is 2. The lowest BCUT2D eigenvalue weighted by Crippen LogP contribution is -2.33. The molecule has 0 heterocycles. The van der Waals surface area contributed by atoms with Crippen molar-refractivity contribution in [2.45, 2.75) is 19.8 Å². The van der Waals surface area contributed by atoms with E-state index in [-0.39, 0.29) is 0 Å². The summed E-state index contributed by atoms with van der Waals surface area (Å²) in [6, 6.07) is 49.7. The second-order valence-electron chi connectivity index (χ2n) is 9.56. The van der Waals surface area contributed by atoms with Crippen molar-refractivity contribution < 1.29 is 9.47 Å². The van der Waals surface area contributed by atoms with E-state index in [4.69, 9.17) is 9.47 Å². The van der Waals surface area contributed by atoms with E-state index < -0.39 is 7.26 Å². The number of ether oxygens (including phenoxy) is 2. The molecule has 0 unspecified atom stereocenters. The van der Waals surface area contributed by atoms with Crippen molar-refractivity contribution in [3.05, 3.63) is 140 Å². The zero-order valence-electron chi connectivity index (χ0n) is 22.6. The first-order chi connectivity index (χ1) is 19.3. The zero-order chi connectivity index (χ0) is 26.8. The van der Waals surface area contributed by atoms with Crippen molar-refractivity contribution >= 4 is 23.2 Å². The van der Waals surface area contributed by atoms with Gasteiger partial charge in [-0.3, -0.25) is 0 Å². The van der Waals surface area contributed by atoms with Gasteiger partial charge in [-0.15, -0.1) is 0 Å². The van der Waals surface area contributed by atoms with Crippen LogP contribution in [-0.4, -0.2) is 19.4 Å². The van der Waals surface area contributed by atoms with Crippen LogP contribution in [0.2, 0.25) is 0 Å². The van der Waals surface area contributed by atoms with Gasteiger partial charge in [-0.25, -0.2) is 0 Å². The Hall–Kier alpha value is -3.87. The Balaban J connectivity index is 1.33. The monoisotopic (exact) mass is 531 g/mol. The molecule has 0 fully saturated rings. The molecule has 0 amide bonds. The fourth-order valence-corrected chi connectivity index (χ4v) is 9.45. The lowest BCUT2D eigenvalue weighted by atomic mass is 10.1. The van der Waals surface area contributed by atoms with E-state index in [9.17, 15) is 0 Å². The van der Waals surface area contributed by atoms with Gasteiger partial charge >= 0.3 is 0 Å². The van der Waals surface area contributed by atoms with Crippen molar-refractivity contribution in [2.75, 3.05) is 19.4 Å². The Morgan fingerprint density at radius 3 is 1.49 bits per heavy atom. The van der Waals surface area contributed by atoms with Crippen molar-refractivity contribution in [3.63, 3.8) is 0 Å². The fourth-order valence-electron chi connectivity index (χ4n) is 5.21. The van der Waals surface area contributed by atoms with Crippen LogP contribution in [0.5, 0.6) is 11.5 Å². The van der Waals surface area contributed by atoms with E-state index >= 15 is 0 Å². The van der Waals surface area contributed by atoms with Crippen LogP contribution in [0.25, 0.3) is 11.1 Å². The number of hydrogen-bond donors (Lipinski definition) is 0. The number of benzene rings is 5. The minimum atomic E-state index is -1.84. The highest BCUT2D eigenvalue weighted by atomic mass is 31.2. The zero-order valence-corrected chi connectivity index (χ0v) is 23.5. The van der Waals surface area contributed by atoms with Gasteiger partial charge in [0.1, 0.15) is 34.7 Å². The molecule has 39 heavy (non-hydrogen) atoms. The second kappa shape index (κ2) is 13.3. The normalized spacial score (nSPS) is 11.2. The van der Waals surface area contributed by atoms with Crippen LogP contribution >= 0.6 is 7.26 Å². The summed E-state index contributed by atoms with van der Waals surface area (Å²) < 4.78 is 11.8. The lowest BCUT2D eigenvalue weighted by molar-refractivity contribution is 0.266. The standard InChI is InChI=1S/C36H36O2P/c1-2-39(33-18-8-4-9-19-33,34-20-10-5-11-21-34)36-23-13-12-22-35(36)30-24-26-32(27-25-30)38-29-15-14-28-37-31-16-6-3-7-17-31/h3-13,16-27H,2,14-15,28-29H2,1H3/q+1. The van der Waals surface area contributed by atoms with Gasteiger partial charge in [-0.2, -0.15) is 0 Å². The number of para-hydroxylation sites is 1. The average molecular weight is 532 g/mol. The summed E-state index contributed by atoms with van der Waals surface area (Å²) in [7, 11) is -1.84. The first-order valence-electron chi connectivity index (χ1n) is 13.8. The van der Waals surface area contributed by atoms with Crippen LogP contribution in [0.3, 0.4) is 0 Å². The lowest BCUT2D eigenvalue weighted by Gasteiger charge is -2.28. The molecule has 5 rings (SSSR count). The topological polar surface area (TPSA) is 18.5 Å². The fraction of sp³-hybridized carbons (Fsp3) is 0.167. The summed E-state index contributed by atoms with van der Waals surface area (Å²) in [6.45, 7) is 3.72. The summed E-state index contributed by atoms with van der Waals surface area (Å²) in [6.07, 6.45) is 2.98. The summed E-state index contributed by atoms with van der Waals surface area (Å²) in [5.74, 6) is 1.83. The van der Waals surface area contributed by atoms with Crippen molar-refractivity contribution in [3.8, 4) is 22.6 Å².